The number of ether oxygens (including phenoxy) is 3. The number of rotatable bonds is 10. The number of carbonyl (C=O) groups is 2. The van der Waals surface area contributed by atoms with Crippen molar-refractivity contribution in [3.63, 3.8) is 0 Å². The number of hydrogen-bond acceptors (Lipinski definition) is 7. The van der Waals surface area contributed by atoms with Crippen LogP contribution < -0.4 is 24.8 Å². The van der Waals surface area contributed by atoms with Gasteiger partial charge in [-0.3, -0.25) is 19.7 Å². The van der Waals surface area contributed by atoms with E-state index in [0.717, 1.165) is 0 Å². The van der Waals surface area contributed by atoms with Crippen LogP contribution in [0.3, 0.4) is 0 Å². The van der Waals surface area contributed by atoms with Gasteiger partial charge in [0.25, 0.3) is 5.91 Å². The topological polar surface area (TPSA) is 129 Å². The molecule has 0 saturated carbocycles. The number of hydrogen-bond donors (Lipinski definition) is 2. The van der Waals surface area contributed by atoms with Crippen molar-refractivity contribution in [2.75, 3.05) is 34.4 Å². The number of halogens is 1. The first-order valence-electron chi connectivity index (χ1n) is 9.09. The Bertz CT molecular complexity index is 981. The lowest BCUT2D eigenvalue weighted by atomic mass is 10.1. The second kappa shape index (κ2) is 10.8. The molecule has 11 heteroatoms. The van der Waals surface area contributed by atoms with Crippen molar-refractivity contribution < 1.29 is 33.1 Å². The SMILES string of the molecule is COc1cc(C(=O)NCCNC(=O)Cc2cccc(F)c2)c([N+](=O)[O-])c(OC)c1OC. The molecule has 0 atom stereocenters. The molecule has 2 rings (SSSR count). The third-order valence-electron chi connectivity index (χ3n) is 4.22. The molecular formula is C20H22FN3O7. The molecule has 10 nitrogen and oxygen atoms in total. The molecule has 0 spiro atoms. The minimum atomic E-state index is -0.759. The fourth-order valence-corrected chi connectivity index (χ4v) is 2.86. The molecule has 0 heterocycles. The van der Waals surface area contributed by atoms with Gasteiger partial charge < -0.3 is 24.8 Å². The number of methoxy groups -OCH3 is 3. The Morgan fingerprint density at radius 2 is 1.71 bits per heavy atom. The van der Waals surface area contributed by atoms with Gasteiger partial charge in [0.05, 0.1) is 32.7 Å². The van der Waals surface area contributed by atoms with E-state index in [4.69, 9.17) is 14.2 Å². The quantitative estimate of drug-likeness (QED) is 0.331. The summed E-state index contributed by atoms with van der Waals surface area (Å²) in [4.78, 5) is 35.3. The monoisotopic (exact) mass is 435 g/mol. The zero-order valence-corrected chi connectivity index (χ0v) is 17.2. The predicted molar refractivity (Wildman–Crippen MR) is 108 cm³/mol. The number of carbonyl (C=O) groups excluding carboxylic acids is 2. The Morgan fingerprint density at radius 1 is 1.03 bits per heavy atom. The van der Waals surface area contributed by atoms with Crippen molar-refractivity contribution >= 4 is 17.5 Å². The fourth-order valence-electron chi connectivity index (χ4n) is 2.86. The van der Waals surface area contributed by atoms with Crippen molar-refractivity contribution in [3.8, 4) is 17.2 Å². The average molecular weight is 435 g/mol. The summed E-state index contributed by atoms with van der Waals surface area (Å²) in [6.45, 7) is 0.0691. The van der Waals surface area contributed by atoms with E-state index in [1.165, 1.54) is 45.6 Å². The summed E-state index contributed by atoms with van der Waals surface area (Å²) in [6, 6.07) is 6.83. The van der Waals surface area contributed by atoms with Gasteiger partial charge in [-0.2, -0.15) is 0 Å². The van der Waals surface area contributed by atoms with E-state index >= 15 is 0 Å². The maximum absolute atomic E-state index is 13.2. The Labute approximate surface area is 177 Å². The second-order valence-electron chi connectivity index (χ2n) is 6.21. The molecule has 0 fully saturated rings. The van der Waals surface area contributed by atoms with E-state index in [9.17, 15) is 24.1 Å². The molecule has 0 saturated heterocycles. The van der Waals surface area contributed by atoms with Gasteiger partial charge in [0.1, 0.15) is 11.4 Å². The molecule has 2 aromatic rings. The Balaban J connectivity index is 2.04. The van der Waals surface area contributed by atoms with E-state index in [2.05, 4.69) is 10.6 Å². The van der Waals surface area contributed by atoms with Crippen LogP contribution in [0.15, 0.2) is 30.3 Å². The minimum Gasteiger partial charge on any atom is -0.493 e. The zero-order valence-electron chi connectivity index (χ0n) is 17.2. The molecule has 0 unspecified atom stereocenters. The highest BCUT2D eigenvalue weighted by molar-refractivity contribution is 6.00. The van der Waals surface area contributed by atoms with Gasteiger partial charge >= 0.3 is 5.69 Å². The van der Waals surface area contributed by atoms with Gasteiger partial charge in [0.15, 0.2) is 5.75 Å². The zero-order chi connectivity index (χ0) is 23.0. The number of nitro benzene ring substituents is 1. The van der Waals surface area contributed by atoms with Crippen molar-refractivity contribution in [1.29, 1.82) is 0 Å². The fraction of sp³-hybridized carbons (Fsp3) is 0.300. The number of benzene rings is 2. The van der Waals surface area contributed by atoms with E-state index in [1.807, 2.05) is 0 Å². The molecular weight excluding hydrogens is 413 g/mol. The average Bonchev–Trinajstić information content (AvgIpc) is 2.74. The van der Waals surface area contributed by atoms with Gasteiger partial charge in [-0.25, -0.2) is 4.39 Å². The lowest BCUT2D eigenvalue weighted by Crippen LogP contribution is -2.35. The summed E-state index contributed by atoms with van der Waals surface area (Å²) < 4.78 is 28.5. The summed E-state index contributed by atoms with van der Waals surface area (Å²) in [6.07, 6.45) is -0.0238. The van der Waals surface area contributed by atoms with Gasteiger partial charge in [0.2, 0.25) is 17.4 Å². The summed E-state index contributed by atoms with van der Waals surface area (Å²) >= 11 is 0. The van der Waals surface area contributed by atoms with Crippen LogP contribution in [-0.4, -0.2) is 51.2 Å². The number of nitro groups is 1. The third-order valence-corrected chi connectivity index (χ3v) is 4.22. The highest BCUT2D eigenvalue weighted by Crippen LogP contribution is 2.46. The van der Waals surface area contributed by atoms with E-state index in [1.54, 1.807) is 6.07 Å². The van der Waals surface area contributed by atoms with Crippen LogP contribution in [0.1, 0.15) is 15.9 Å². The second-order valence-corrected chi connectivity index (χ2v) is 6.21. The van der Waals surface area contributed by atoms with Gasteiger partial charge in [0, 0.05) is 19.2 Å². The van der Waals surface area contributed by atoms with Crippen molar-refractivity contribution in [3.05, 3.63) is 57.4 Å². The van der Waals surface area contributed by atoms with Crippen LogP contribution >= 0.6 is 0 Å². The third kappa shape index (κ3) is 5.81. The van der Waals surface area contributed by atoms with E-state index in [-0.39, 0.29) is 48.2 Å². The van der Waals surface area contributed by atoms with E-state index < -0.39 is 22.3 Å². The Hall–Kier alpha value is -3.89. The number of amides is 2. The normalized spacial score (nSPS) is 10.2. The number of nitrogens with zero attached hydrogens (tertiary/aromatic N) is 1. The molecule has 0 bridgehead atoms. The lowest BCUT2D eigenvalue weighted by molar-refractivity contribution is -0.386. The first-order chi connectivity index (χ1) is 14.8. The molecule has 2 N–H and O–H groups in total. The van der Waals surface area contributed by atoms with Crippen molar-refractivity contribution in [2.45, 2.75) is 6.42 Å². The highest BCUT2D eigenvalue weighted by atomic mass is 19.1. The molecule has 0 aromatic heterocycles. The molecule has 0 aliphatic rings. The molecule has 0 aliphatic carbocycles. The highest BCUT2D eigenvalue weighted by Gasteiger charge is 2.32. The molecule has 2 aromatic carbocycles. The first kappa shape index (κ1) is 23.4. The van der Waals surface area contributed by atoms with Crippen LogP contribution in [0, 0.1) is 15.9 Å². The Morgan fingerprint density at radius 3 is 2.29 bits per heavy atom. The van der Waals surface area contributed by atoms with Crippen molar-refractivity contribution in [2.24, 2.45) is 0 Å². The van der Waals surface area contributed by atoms with Gasteiger partial charge in [-0.15, -0.1) is 0 Å². The minimum absolute atomic E-state index is 0.00153. The summed E-state index contributed by atoms with van der Waals surface area (Å²) in [7, 11) is 3.81. The lowest BCUT2D eigenvalue weighted by Gasteiger charge is -2.15. The smallest absolute Gasteiger partial charge is 0.327 e. The molecule has 0 radical (unpaired) electrons. The predicted octanol–water partition coefficient (Wildman–Crippen LogP) is 1.85. The van der Waals surface area contributed by atoms with Crippen LogP contribution in [-0.2, 0) is 11.2 Å². The standard InChI is InChI=1S/C20H22FN3O7/c1-29-15-11-14(17(24(27)28)19(31-3)18(15)30-2)20(26)23-8-7-22-16(25)10-12-5-4-6-13(21)9-12/h4-6,9,11H,7-8,10H2,1-3H3,(H,22,25)(H,23,26). The summed E-state index contributed by atoms with van der Waals surface area (Å²) in [5, 5.41) is 16.6. The summed E-state index contributed by atoms with van der Waals surface area (Å²) in [5.74, 6) is -1.75. The van der Waals surface area contributed by atoms with Gasteiger partial charge in [-0.05, 0) is 17.7 Å². The summed E-state index contributed by atoms with van der Waals surface area (Å²) in [5.41, 5.74) is -0.354. The number of nitrogens with one attached hydrogen (secondary N) is 2. The molecule has 0 aliphatic heterocycles. The van der Waals surface area contributed by atoms with Crippen LogP contribution in [0.4, 0.5) is 10.1 Å². The molecule has 2 amide bonds. The van der Waals surface area contributed by atoms with Crippen LogP contribution in [0.2, 0.25) is 0 Å². The van der Waals surface area contributed by atoms with Crippen LogP contribution in [0.25, 0.3) is 0 Å². The maximum Gasteiger partial charge on any atom is 0.327 e. The first-order valence-corrected chi connectivity index (χ1v) is 9.09. The van der Waals surface area contributed by atoms with Crippen LogP contribution in [0.5, 0.6) is 17.2 Å². The maximum atomic E-state index is 13.2. The molecule has 31 heavy (non-hydrogen) atoms. The Kier molecular flexibility index (Phi) is 8.12. The van der Waals surface area contributed by atoms with Gasteiger partial charge in [-0.1, -0.05) is 12.1 Å². The van der Waals surface area contributed by atoms with E-state index in [0.29, 0.717) is 5.56 Å². The van der Waals surface area contributed by atoms with Crippen molar-refractivity contribution in [1.82, 2.24) is 10.6 Å². The largest absolute Gasteiger partial charge is 0.493 e. The molecule has 166 valence electrons.